The van der Waals surface area contributed by atoms with Crippen molar-refractivity contribution in [3.8, 4) is 0 Å². The van der Waals surface area contributed by atoms with Crippen LogP contribution in [0.3, 0.4) is 0 Å². The smallest absolute Gasteiger partial charge is 0.320 e. The van der Waals surface area contributed by atoms with Crippen LogP contribution in [0.15, 0.2) is 0 Å². The van der Waals surface area contributed by atoms with E-state index in [0.717, 1.165) is 19.4 Å². The van der Waals surface area contributed by atoms with Gasteiger partial charge in [0.15, 0.2) is 0 Å². The van der Waals surface area contributed by atoms with Gasteiger partial charge < -0.3 is 10.4 Å². The quantitative estimate of drug-likeness (QED) is 0.726. The van der Waals surface area contributed by atoms with Crippen molar-refractivity contribution in [1.82, 2.24) is 5.32 Å². The summed E-state index contributed by atoms with van der Waals surface area (Å²) in [5.74, 6) is 0.618. The molecule has 0 amide bonds. The third-order valence-corrected chi connectivity index (χ3v) is 3.46. The van der Waals surface area contributed by atoms with Crippen LogP contribution in [0.25, 0.3) is 0 Å². The van der Waals surface area contributed by atoms with Gasteiger partial charge in [0.2, 0.25) is 0 Å². The first-order valence-corrected chi connectivity index (χ1v) is 5.65. The van der Waals surface area contributed by atoms with Crippen LogP contribution in [-0.4, -0.2) is 23.7 Å². The summed E-state index contributed by atoms with van der Waals surface area (Å²) in [4.78, 5) is 10.8. The molecule has 3 heteroatoms. The first-order chi connectivity index (χ1) is 6.69. The molecule has 1 heterocycles. The highest BCUT2D eigenvalue weighted by Gasteiger charge is 2.29. The summed E-state index contributed by atoms with van der Waals surface area (Å²) < 4.78 is 0. The van der Waals surface area contributed by atoms with Crippen molar-refractivity contribution in [2.24, 2.45) is 11.8 Å². The molecule has 1 fully saturated rings. The zero-order valence-electron chi connectivity index (χ0n) is 9.12. The van der Waals surface area contributed by atoms with E-state index in [2.05, 4.69) is 19.2 Å². The molecule has 14 heavy (non-hydrogen) atoms. The predicted molar refractivity (Wildman–Crippen MR) is 56.2 cm³/mol. The number of carbonyl (C=O) groups is 1. The van der Waals surface area contributed by atoms with Crippen LogP contribution >= 0.6 is 0 Å². The lowest BCUT2D eigenvalue weighted by Crippen LogP contribution is -2.44. The summed E-state index contributed by atoms with van der Waals surface area (Å²) in [6.45, 7) is 5.26. The van der Waals surface area contributed by atoms with E-state index in [1.165, 1.54) is 12.8 Å². The fourth-order valence-corrected chi connectivity index (χ4v) is 2.52. The highest BCUT2D eigenvalue weighted by molar-refractivity contribution is 5.73. The van der Waals surface area contributed by atoms with E-state index in [4.69, 9.17) is 5.11 Å². The molecule has 0 spiro atoms. The molecule has 3 nitrogen and oxygen atoms in total. The normalized spacial score (nSPS) is 27.9. The number of hydrogen-bond acceptors (Lipinski definition) is 2. The average Bonchev–Trinajstić information content (AvgIpc) is 2.20. The number of aliphatic carboxylic acids is 1. The second-order valence-corrected chi connectivity index (χ2v) is 4.21. The van der Waals surface area contributed by atoms with Gasteiger partial charge in [-0.15, -0.1) is 0 Å². The molecule has 2 N–H and O–H groups in total. The lowest BCUT2D eigenvalue weighted by atomic mass is 9.79. The van der Waals surface area contributed by atoms with Gasteiger partial charge in [0.1, 0.15) is 6.04 Å². The maximum Gasteiger partial charge on any atom is 0.320 e. The molecule has 0 aliphatic carbocycles. The number of carboxylic acids is 1. The van der Waals surface area contributed by atoms with Gasteiger partial charge in [0, 0.05) is 0 Å². The van der Waals surface area contributed by atoms with Crippen LogP contribution in [0.4, 0.5) is 0 Å². The Morgan fingerprint density at radius 1 is 1.50 bits per heavy atom. The molecule has 2 unspecified atom stereocenters. The van der Waals surface area contributed by atoms with Crippen LogP contribution in [-0.2, 0) is 4.79 Å². The summed E-state index contributed by atoms with van der Waals surface area (Å²) in [7, 11) is 0. The van der Waals surface area contributed by atoms with Crippen molar-refractivity contribution in [3.63, 3.8) is 0 Å². The van der Waals surface area contributed by atoms with Crippen molar-refractivity contribution in [1.29, 1.82) is 0 Å². The molecule has 82 valence electrons. The van der Waals surface area contributed by atoms with Gasteiger partial charge in [0.05, 0.1) is 0 Å². The van der Waals surface area contributed by atoms with Crippen LogP contribution in [0, 0.1) is 11.8 Å². The standard InChI is InChI=1S/C11H21NO2/c1-3-8(4-2)9-5-6-12-10(7-9)11(13)14/h8-10,12H,3-7H2,1-2H3,(H,13,14). The molecular formula is C11H21NO2. The zero-order valence-corrected chi connectivity index (χ0v) is 9.12. The van der Waals surface area contributed by atoms with Crippen molar-refractivity contribution in [3.05, 3.63) is 0 Å². The minimum Gasteiger partial charge on any atom is -0.480 e. The molecule has 1 saturated heterocycles. The molecule has 0 radical (unpaired) electrons. The Bertz CT molecular complexity index is 190. The average molecular weight is 199 g/mol. The van der Waals surface area contributed by atoms with Crippen LogP contribution in [0.2, 0.25) is 0 Å². The zero-order chi connectivity index (χ0) is 10.6. The number of nitrogens with one attached hydrogen (secondary N) is 1. The molecule has 1 aliphatic rings. The Hall–Kier alpha value is -0.570. The van der Waals surface area contributed by atoms with Crippen molar-refractivity contribution < 1.29 is 9.90 Å². The third-order valence-electron chi connectivity index (χ3n) is 3.46. The summed E-state index contributed by atoms with van der Waals surface area (Å²) in [5, 5.41) is 12.0. The van der Waals surface area contributed by atoms with Gasteiger partial charge in [-0.05, 0) is 31.2 Å². The number of carboxylic acid groups (broad SMARTS) is 1. The fraction of sp³-hybridized carbons (Fsp3) is 0.909. The van der Waals surface area contributed by atoms with E-state index < -0.39 is 5.97 Å². The first-order valence-electron chi connectivity index (χ1n) is 5.65. The van der Waals surface area contributed by atoms with Crippen LogP contribution < -0.4 is 5.32 Å². The highest BCUT2D eigenvalue weighted by Crippen LogP contribution is 2.29. The Balaban J connectivity index is 2.50. The number of rotatable bonds is 4. The minimum absolute atomic E-state index is 0.311. The highest BCUT2D eigenvalue weighted by atomic mass is 16.4. The van der Waals surface area contributed by atoms with Crippen molar-refractivity contribution >= 4 is 5.97 Å². The lowest BCUT2D eigenvalue weighted by Gasteiger charge is -2.32. The third kappa shape index (κ3) is 2.71. The molecular weight excluding hydrogens is 178 g/mol. The predicted octanol–water partition coefficient (Wildman–Crippen LogP) is 1.88. The van der Waals surface area contributed by atoms with E-state index in [1.54, 1.807) is 0 Å². The summed E-state index contributed by atoms with van der Waals surface area (Å²) in [6.07, 6.45) is 4.29. The van der Waals surface area contributed by atoms with Gasteiger partial charge in [-0.1, -0.05) is 26.7 Å². The summed E-state index contributed by atoms with van der Waals surface area (Å²) >= 11 is 0. The molecule has 2 atom stereocenters. The van der Waals surface area contributed by atoms with E-state index in [-0.39, 0.29) is 6.04 Å². The lowest BCUT2D eigenvalue weighted by molar-refractivity contribution is -0.140. The van der Waals surface area contributed by atoms with E-state index in [1.807, 2.05) is 0 Å². The topological polar surface area (TPSA) is 49.3 Å². The molecule has 0 saturated carbocycles. The molecule has 0 aromatic rings. The van der Waals surface area contributed by atoms with E-state index in [0.29, 0.717) is 11.8 Å². The summed E-state index contributed by atoms with van der Waals surface area (Å²) in [5.41, 5.74) is 0. The van der Waals surface area contributed by atoms with E-state index in [9.17, 15) is 4.79 Å². The maximum absolute atomic E-state index is 10.8. The fourth-order valence-electron chi connectivity index (χ4n) is 2.52. The van der Waals surface area contributed by atoms with Gasteiger partial charge in [-0.25, -0.2) is 0 Å². The molecule has 1 aliphatic heterocycles. The monoisotopic (exact) mass is 199 g/mol. The largest absolute Gasteiger partial charge is 0.480 e. The number of hydrogen-bond donors (Lipinski definition) is 2. The molecule has 0 bridgehead atoms. The molecule has 1 rings (SSSR count). The molecule has 0 aromatic heterocycles. The Morgan fingerprint density at radius 3 is 2.64 bits per heavy atom. The first kappa shape index (κ1) is 11.5. The Morgan fingerprint density at radius 2 is 2.14 bits per heavy atom. The second-order valence-electron chi connectivity index (χ2n) is 4.21. The maximum atomic E-state index is 10.8. The Kier molecular flexibility index (Phi) is 4.39. The SMILES string of the molecule is CCC(CC)C1CCNC(C(=O)O)C1. The van der Waals surface area contributed by atoms with Crippen LogP contribution in [0.1, 0.15) is 39.5 Å². The number of piperidine rings is 1. The minimum atomic E-state index is -0.694. The van der Waals surface area contributed by atoms with Gasteiger partial charge in [-0.3, -0.25) is 4.79 Å². The van der Waals surface area contributed by atoms with Gasteiger partial charge in [0.25, 0.3) is 0 Å². The summed E-state index contributed by atoms with van der Waals surface area (Å²) in [6, 6.07) is -0.311. The Labute approximate surface area is 85.9 Å². The van der Waals surface area contributed by atoms with Crippen LogP contribution in [0.5, 0.6) is 0 Å². The van der Waals surface area contributed by atoms with E-state index >= 15 is 0 Å². The van der Waals surface area contributed by atoms with Crippen molar-refractivity contribution in [2.45, 2.75) is 45.6 Å². The van der Waals surface area contributed by atoms with Gasteiger partial charge in [-0.2, -0.15) is 0 Å². The second kappa shape index (κ2) is 5.35. The molecule has 0 aromatic carbocycles. The van der Waals surface area contributed by atoms with Crippen molar-refractivity contribution in [2.75, 3.05) is 6.54 Å². The van der Waals surface area contributed by atoms with Gasteiger partial charge >= 0.3 is 5.97 Å².